The summed E-state index contributed by atoms with van der Waals surface area (Å²) in [6.07, 6.45) is -2.91. The smallest absolute Gasteiger partial charge is 0.422 e. The molecule has 134 valence electrons. The lowest BCUT2D eigenvalue weighted by Gasteiger charge is -2.10. The van der Waals surface area contributed by atoms with Gasteiger partial charge in [0.15, 0.2) is 6.61 Å². The van der Waals surface area contributed by atoms with Crippen LogP contribution in [0.2, 0.25) is 5.02 Å². The number of aromatic nitrogens is 1. The highest BCUT2D eigenvalue weighted by molar-refractivity contribution is 6.32. The fraction of sp³-hybridized carbons (Fsp3) is 0.500. The Kier molecular flexibility index (Phi) is 7.76. The Morgan fingerprint density at radius 2 is 2.08 bits per heavy atom. The van der Waals surface area contributed by atoms with Gasteiger partial charge in [0.2, 0.25) is 5.88 Å². The standard InChI is InChI=1S/C14H16ClF3N2O4/c1-2-23-11(21)4-3-5-19-12(22)9-6-10(15)13(20-7-9)24-8-14(16,17)18/h6-7H,2-5,8H2,1H3,(H,19,22). The summed E-state index contributed by atoms with van der Waals surface area (Å²) in [6, 6.07) is 1.15. The minimum absolute atomic E-state index is 0.0653. The summed E-state index contributed by atoms with van der Waals surface area (Å²) in [5, 5.41) is 2.32. The van der Waals surface area contributed by atoms with Crippen molar-refractivity contribution in [3.05, 3.63) is 22.8 Å². The second-order valence-corrected chi connectivity index (χ2v) is 4.99. The van der Waals surface area contributed by atoms with E-state index in [1.807, 2.05) is 0 Å². The van der Waals surface area contributed by atoms with Crippen LogP contribution in [0, 0.1) is 0 Å². The van der Waals surface area contributed by atoms with E-state index in [4.69, 9.17) is 16.3 Å². The molecule has 0 aliphatic rings. The van der Waals surface area contributed by atoms with Crippen LogP contribution in [0.4, 0.5) is 13.2 Å². The van der Waals surface area contributed by atoms with Crippen LogP contribution in [-0.4, -0.2) is 42.8 Å². The lowest BCUT2D eigenvalue weighted by Crippen LogP contribution is -2.25. The highest BCUT2D eigenvalue weighted by Gasteiger charge is 2.29. The Morgan fingerprint density at radius 3 is 2.67 bits per heavy atom. The van der Waals surface area contributed by atoms with Crippen LogP contribution in [0.25, 0.3) is 0 Å². The van der Waals surface area contributed by atoms with Crippen molar-refractivity contribution < 1.29 is 32.2 Å². The van der Waals surface area contributed by atoms with Crippen LogP contribution in [0.15, 0.2) is 12.3 Å². The lowest BCUT2D eigenvalue weighted by molar-refractivity contribution is -0.154. The molecule has 1 aromatic heterocycles. The number of esters is 1. The molecule has 0 radical (unpaired) electrons. The molecular formula is C14H16ClF3N2O4. The van der Waals surface area contributed by atoms with E-state index >= 15 is 0 Å². The summed E-state index contributed by atoms with van der Waals surface area (Å²) in [4.78, 5) is 26.6. The van der Waals surface area contributed by atoms with Gasteiger partial charge in [-0.3, -0.25) is 9.59 Å². The third-order valence-corrected chi connectivity index (χ3v) is 2.86. The molecule has 1 rings (SSSR count). The zero-order chi connectivity index (χ0) is 18.2. The van der Waals surface area contributed by atoms with E-state index in [9.17, 15) is 22.8 Å². The monoisotopic (exact) mass is 368 g/mol. The van der Waals surface area contributed by atoms with Gasteiger partial charge in [-0.2, -0.15) is 13.2 Å². The van der Waals surface area contributed by atoms with Gasteiger partial charge in [0, 0.05) is 19.2 Å². The Morgan fingerprint density at radius 1 is 1.38 bits per heavy atom. The van der Waals surface area contributed by atoms with E-state index in [2.05, 4.69) is 15.0 Å². The van der Waals surface area contributed by atoms with Crippen LogP contribution in [0.1, 0.15) is 30.1 Å². The van der Waals surface area contributed by atoms with Crippen molar-refractivity contribution in [3.8, 4) is 5.88 Å². The number of rotatable bonds is 8. The molecule has 1 heterocycles. The van der Waals surface area contributed by atoms with Crippen molar-refractivity contribution in [1.29, 1.82) is 0 Å². The Balaban J connectivity index is 2.48. The van der Waals surface area contributed by atoms with Crippen molar-refractivity contribution in [2.75, 3.05) is 19.8 Å². The maximum absolute atomic E-state index is 12.1. The molecule has 0 aliphatic heterocycles. The Bertz CT molecular complexity index is 582. The second kappa shape index (κ2) is 9.31. The second-order valence-electron chi connectivity index (χ2n) is 4.58. The molecule has 1 amide bonds. The molecule has 0 saturated heterocycles. The summed E-state index contributed by atoms with van der Waals surface area (Å²) in [7, 11) is 0. The number of carbonyl (C=O) groups excluding carboxylic acids is 2. The fourth-order valence-electron chi connectivity index (χ4n) is 1.58. The summed E-state index contributed by atoms with van der Waals surface area (Å²) >= 11 is 5.74. The molecule has 0 saturated carbocycles. The molecule has 24 heavy (non-hydrogen) atoms. The SMILES string of the molecule is CCOC(=O)CCCNC(=O)c1cnc(OCC(F)(F)F)c(Cl)c1. The van der Waals surface area contributed by atoms with Crippen molar-refractivity contribution in [2.45, 2.75) is 25.9 Å². The van der Waals surface area contributed by atoms with E-state index in [1.54, 1.807) is 6.92 Å². The van der Waals surface area contributed by atoms with Crippen molar-refractivity contribution >= 4 is 23.5 Å². The third-order valence-electron chi connectivity index (χ3n) is 2.59. The molecule has 0 aliphatic carbocycles. The van der Waals surface area contributed by atoms with Gasteiger partial charge >= 0.3 is 12.1 Å². The highest BCUT2D eigenvalue weighted by atomic mass is 35.5. The minimum Gasteiger partial charge on any atom is -0.467 e. The number of nitrogens with one attached hydrogen (secondary N) is 1. The van der Waals surface area contributed by atoms with Crippen molar-refractivity contribution in [2.24, 2.45) is 0 Å². The molecule has 1 aromatic rings. The molecule has 10 heteroatoms. The number of hydrogen-bond acceptors (Lipinski definition) is 5. The third kappa shape index (κ3) is 7.49. The molecular weight excluding hydrogens is 353 g/mol. The van der Waals surface area contributed by atoms with Crippen LogP contribution in [-0.2, 0) is 9.53 Å². The van der Waals surface area contributed by atoms with Gasteiger partial charge in [0.1, 0.15) is 5.02 Å². The van der Waals surface area contributed by atoms with Gasteiger partial charge < -0.3 is 14.8 Å². The quantitative estimate of drug-likeness (QED) is 0.564. The zero-order valence-corrected chi connectivity index (χ0v) is 13.5. The maximum Gasteiger partial charge on any atom is 0.422 e. The topological polar surface area (TPSA) is 77.5 Å². The molecule has 6 nitrogen and oxygen atoms in total. The number of hydrogen-bond donors (Lipinski definition) is 1. The Labute approximate surface area is 141 Å². The van der Waals surface area contributed by atoms with Crippen LogP contribution >= 0.6 is 11.6 Å². The largest absolute Gasteiger partial charge is 0.467 e. The number of pyridine rings is 1. The van der Waals surface area contributed by atoms with Crippen LogP contribution in [0.3, 0.4) is 0 Å². The van der Waals surface area contributed by atoms with E-state index < -0.39 is 24.6 Å². The van der Waals surface area contributed by atoms with Gasteiger partial charge in [-0.15, -0.1) is 0 Å². The zero-order valence-electron chi connectivity index (χ0n) is 12.8. The first-order valence-electron chi connectivity index (χ1n) is 7.02. The van der Waals surface area contributed by atoms with E-state index in [0.717, 1.165) is 12.3 Å². The van der Waals surface area contributed by atoms with Gasteiger partial charge in [0.05, 0.1) is 12.2 Å². The molecule has 0 unspecified atom stereocenters. The highest BCUT2D eigenvalue weighted by Crippen LogP contribution is 2.24. The number of amides is 1. The number of alkyl halides is 3. The fourth-order valence-corrected chi connectivity index (χ4v) is 1.80. The predicted molar refractivity (Wildman–Crippen MR) is 79.0 cm³/mol. The lowest BCUT2D eigenvalue weighted by atomic mass is 10.2. The number of nitrogens with zero attached hydrogens (tertiary/aromatic N) is 1. The van der Waals surface area contributed by atoms with E-state index in [1.165, 1.54) is 0 Å². The summed E-state index contributed by atoms with van der Waals surface area (Å²) in [6.45, 7) is 0.678. The molecule has 0 atom stereocenters. The van der Waals surface area contributed by atoms with Crippen molar-refractivity contribution in [1.82, 2.24) is 10.3 Å². The number of carbonyl (C=O) groups is 2. The normalized spacial score (nSPS) is 11.0. The molecule has 0 aromatic carbocycles. The molecule has 0 bridgehead atoms. The maximum atomic E-state index is 12.1. The van der Waals surface area contributed by atoms with E-state index in [-0.39, 0.29) is 36.1 Å². The van der Waals surface area contributed by atoms with Gasteiger partial charge in [-0.05, 0) is 19.4 Å². The molecule has 0 spiro atoms. The summed E-state index contributed by atoms with van der Waals surface area (Å²) in [5.74, 6) is -1.29. The summed E-state index contributed by atoms with van der Waals surface area (Å²) < 4.78 is 45.4. The Hall–Kier alpha value is -2.03. The number of halogens is 4. The first kappa shape index (κ1) is 20.0. The average molecular weight is 369 g/mol. The predicted octanol–water partition coefficient (Wildman–Crippen LogP) is 2.75. The van der Waals surface area contributed by atoms with Crippen LogP contribution in [0.5, 0.6) is 5.88 Å². The summed E-state index contributed by atoms with van der Waals surface area (Å²) in [5.41, 5.74) is 0.0653. The first-order valence-corrected chi connectivity index (χ1v) is 7.39. The van der Waals surface area contributed by atoms with Gasteiger partial charge in [0.25, 0.3) is 5.91 Å². The number of ether oxygens (including phenoxy) is 2. The van der Waals surface area contributed by atoms with Gasteiger partial charge in [-0.1, -0.05) is 11.6 Å². The first-order chi connectivity index (χ1) is 11.2. The van der Waals surface area contributed by atoms with Crippen molar-refractivity contribution in [3.63, 3.8) is 0 Å². The van der Waals surface area contributed by atoms with Crippen LogP contribution < -0.4 is 10.1 Å². The molecule has 1 N–H and O–H groups in total. The van der Waals surface area contributed by atoms with E-state index in [0.29, 0.717) is 6.42 Å². The molecule has 0 fully saturated rings. The van der Waals surface area contributed by atoms with Gasteiger partial charge in [-0.25, -0.2) is 4.98 Å². The minimum atomic E-state index is -4.51. The average Bonchev–Trinajstić information content (AvgIpc) is 2.49.